The number of aromatic amines is 2. The van der Waals surface area contributed by atoms with Gasteiger partial charge in [-0.3, -0.25) is 4.79 Å². The SMILES string of the molecule is O=C(CCc1ccc2[nH]c(=O)[nH]c2c1)N1CCNCC1. The molecule has 20 heavy (non-hydrogen) atoms. The van der Waals surface area contributed by atoms with Crippen LogP contribution in [0.5, 0.6) is 0 Å². The van der Waals surface area contributed by atoms with Crippen molar-refractivity contribution in [2.45, 2.75) is 12.8 Å². The van der Waals surface area contributed by atoms with E-state index in [1.165, 1.54) is 0 Å². The summed E-state index contributed by atoms with van der Waals surface area (Å²) in [5.41, 5.74) is 2.46. The van der Waals surface area contributed by atoms with Gasteiger partial charge in [0.15, 0.2) is 0 Å². The predicted octanol–water partition coefficient (Wildman–Crippen LogP) is 0.221. The number of imidazole rings is 1. The summed E-state index contributed by atoms with van der Waals surface area (Å²) in [7, 11) is 0. The molecule has 0 unspecified atom stereocenters. The van der Waals surface area contributed by atoms with Crippen LogP contribution < -0.4 is 11.0 Å². The quantitative estimate of drug-likeness (QED) is 0.749. The molecule has 0 spiro atoms. The second kappa shape index (κ2) is 5.50. The number of carbonyl (C=O) groups is 1. The minimum absolute atomic E-state index is 0.200. The van der Waals surface area contributed by atoms with Crippen LogP contribution >= 0.6 is 0 Å². The van der Waals surface area contributed by atoms with Gasteiger partial charge in [-0.1, -0.05) is 6.07 Å². The highest BCUT2D eigenvalue weighted by atomic mass is 16.2. The number of piperazine rings is 1. The molecule has 3 N–H and O–H groups in total. The lowest BCUT2D eigenvalue weighted by atomic mass is 10.1. The Kier molecular flexibility index (Phi) is 3.56. The molecule has 1 aromatic heterocycles. The van der Waals surface area contributed by atoms with E-state index in [1.54, 1.807) is 0 Å². The van der Waals surface area contributed by atoms with Gasteiger partial charge in [-0.15, -0.1) is 0 Å². The summed E-state index contributed by atoms with van der Waals surface area (Å²) in [6.45, 7) is 3.34. The summed E-state index contributed by atoms with van der Waals surface area (Å²) in [6, 6.07) is 5.76. The Morgan fingerprint density at radius 1 is 1.15 bits per heavy atom. The van der Waals surface area contributed by atoms with Crippen molar-refractivity contribution in [2.75, 3.05) is 26.2 Å². The van der Waals surface area contributed by atoms with Gasteiger partial charge in [0.1, 0.15) is 0 Å². The van der Waals surface area contributed by atoms with Crippen LogP contribution in [0.15, 0.2) is 23.0 Å². The van der Waals surface area contributed by atoms with Gasteiger partial charge in [0.2, 0.25) is 5.91 Å². The number of benzene rings is 1. The maximum Gasteiger partial charge on any atom is 0.323 e. The molecule has 106 valence electrons. The van der Waals surface area contributed by atoms with Crippen molar-refractivity contribution < 1.29 is 4.79 Å². The fraction of sp³-hybridized carbons (Fsp3) is 0.429. The first-order valence-electron chi connectivity index (χ1n) is 6.92. The normalized spacial score (nSPS) is 15.7. The van der Waals surface area contributed by atoms with Crippen LogP contribution in [-0.2, 0) is 11.2 Å². The summed E-state index contributed by atoms with van der Waals surface area (Å²) in [5.74, 6) is 0.203. The van der Waals surface area contributed by atoms with Crippen molar-refractivity contribution in [3.8, 4) is 0 Å². The van der Waals surface area contributed by atoms with E-state index < -0.39 is 0 Å². The standard InChI is InChI=1S/C14H18N4O2/c19-13(18-7-5-15-6-8-18)4-2-10-1-3-11-12(9-10)17-14(20)16-11/h1,3,9,15H,2,4-8H2,(H2,16,17,20). The monoisotopic (exact) mass is 274 g/mol. The molecule has 6 heteroatoms. The van der Waals surface area contributed by atoms with Crippen molar-refractivity contribution in [2.24, 2.45) is 0 Å². The molecule has 1 aliphatic heterocycles. The van der Waals surface area contributed by atoms with E-state index in [-0.39, 0.29) is 11.6 Å². The van der Waals surface area contributed by atoms with Gasteiger partial charge in [0, 0.05) is 32.6 Å². The first-order valence-corrected chi connectivity index (χ1v) is 6.92. The molecule has 1 fully saturated rings. The number of H-pyrrole nitrogens is 2. The molecule has 0 bridgehead atoms. The summed E-state index contributed by atoms with van der Waals surface area (Å²) in [5, 5.41) is 3.23. The molecule has 0 aliphatic carbocycles. The third-order valence-corrected chi connectivity index (χ3v) is 3.68. The van der Waals surface area contributed by atoms with Crippen LogP contribution in [0.2, 0.25) is 0 Å². The van der Waals surface area contributed by atoms with Gasteiger partial charge >= 0.3 is 5.69 Å². The number of nitrogens with one attached hydrogen (secondary N) is 3. The zero-order valence-corrected chi connectivity index (χ0v) is 11.2. The molecule has 1 aliphatic rings. The van der Waals surface area contributed by atoms with Crippen molar-refractivity contribution in [1.29, 1.82) is 0 Å². The molecule has 1 amide bonds. The molecule has 0 atom stereocenters. The molecule has 1 aromatic carbocycles. The molecular formula is C14H18N4O2. The zero-order valence-electron chi connectivity index (χ0n) is 11.2. The van der Waals surface area contributed by atoms with E-state index in [2.05, 4.69) is 15.3 Å². The molecular weight excluding hydrogens is 256 g/mol. The molecule has 2 aromatic rings. The predicted molar refractivity (Wildman–Crippen MR) is 76.7 cm³/mol. The zero-order chi connectivity index (χ0) is 13.9. The number of carbonyl (C=O) groups excluding carboxylic acids is 1. The Balaban J connectivity index is 1.64. The fourth-order valence-corrected chi connectivity index (χ4v) is 2.56. The topological polar surface area (TPSA) is 81.0 Å². The largest absolute Gasteiger partial charge is 0.340 e. The highest BCUT2D eigenvalue weighted by Crippen LogP contribution is 2.12. The lowest BCUT2D eigenvalue weighted by Crippen LogP contribution is -2.46. The van der Waals surface area contributed by atoms with Crippen LogP contribution in [0.4, 0.5) is 0 Å². The number of hydrogen-bond donors (Lipinski definition) is 3. The number of aromatic nitrogens is 2. The van der Waals surface area contributed by atoms with Gasteiger partial charge < -0.3 is 20.2 Å². The Morgan fingerprint density at radius 3 is 2.70 bits per heavy atom. The van der Waals surface area contributed by atoms with Gasteiger partial charge in [0.25, 0.3) is 0 Å². The van der Waals surface area contributed by atoms with Gasteiger partial charge in [0.05, 0.1) is 11.0 Å². The average molecular weight is 274 g/mol. The van der Waals surface area contributed by atoms with Crippen molar-refractivity contribution in [1.82, 2.24) is 20.2 Å². The van der Waals surface area contributed by atoms with Gasteiger partial charge in [-0.2, -0.15) is 0 Å². The molecule has 6 nitrogen and oxygen atoms in total. The molecule has 1 saturated heterocycles. The highest BCUT2D eigenvalue weighted by molar-refractivity contribution is 5.77. The Morgan fingerprint density at radius 2 is 1.90 bits per heavy atom. The number of rotatable bonds is 3. The molecule has 0 saturated carbocycles. The van der Waals surface area contributed by atoms with E-state index in [1.807, 2.05) is 23.1 Å². The number of hydrogen-bond acceptors (Lipinski definition) is 3. The Bertz CT molecular complexity index is 667. The third-order valence-electron chi connectivity index (χ3n) is 3.68. The van der Waals surface area contributed by atoms with Crippen LogP contribution in [0.3, 0.4) is 0 Å². The van der Waals surface area contributed by atoms with Crippen LogP contribution in [0.25, 0.3) is 11.0 Å². The van der Waals surface area contributed by atoms with Crippen LogP contribution in [-0.4, -0.2) is 47.0 Å². The number of amides is 1. The van der Waals surface area contributed by atoms with E-state index in [9.17, 15) is 9.59 Å². The molecule has 2 heterocycles. The fourth-order valence-electron chi connectivity index (χ4n) is 2.56. The van der Waals surface area contributed by atoms with Gasteiger partial charge in [-0.25, -0.2) is 4.79 Å². The average Bonchev–Trinajstić information content (AvgIpc) is 2.85. The summed E-state index contributed by atoms with van der Waals surface area (Å²) < 4.78 is 0. The van der Waals surface area contributed by atoms with Crippen molar-refractivity contribution in [3.05, 3.63) is 34.2 Å². The summed E-state index contributed by atoms with van der Waals surface area (Å²) in [4.78, 5) is 30.6. The Labute approximate surface area is 116 Å². The van der Waals surface area contributed by atoms with Crippen LogP contribution in [0, 0.1) is 0 Å². The summed E-state index contributed by atoms with van der Waals surface area (Å²) in [6.07, 6.45) is 1.21. The second-order valence-corrected chi connectivity index (χ2v) is 5.09. The Hall–Kier alpha value is -2.08. The highest BCUT2D eigenvalue weighted by Gasteiger charge is 2.15. The lowest BCUT2D eigenvalue weighted by molar-refractivity contribution is -0.131. The maximum atomic E-state index is 12.1. The lowest BCUT2D eigenvalue weighted by Gasteiger charge is -2.27. The first-order chi connectivity index (χ1) is 9.72. The van der Waals surface area contributed by atoms with E-state index in [4.69, 9.17) is 0 Å². The minimum Gasteiger partial charge on any atom is -0.340 e. The maximum absolute atomic E-state index is 12.1. The molecule has 3 rings (SSSR count). The van der Waals surface area contributed by atoms with Crippen molar-refractivity contribution >= 4 is 16.9 Å². The second-order valence-electron chi connectivity index (χ2n) is 5.09. The van der Waals surface area contributed by atoms with E-state index in [0.717, 1.165) is 42.8 Å². The number of fused-ring (bicyclic) bond motifs is 1. The van der Waals surface area contributed by atoms with Crippen LogP contribution in [0.1, 0.15) is 12.0 Å². The summed E-state index contributed by atoms with van der Waals surface area (Å²) >= 11 is 0. The first kappa shape index (κ1) is 12.9. The minimum atomic E-state index is -0.200. The number of aryl methyl sites for hydroxylation is 1. The molecule has 0 radical (unpaired) electrons. The van der Waals surface area contributed by atoms with E-state index in [0.29, 0.717) is 12.8 Å². The van der Waals surface area contributed by atoms with E-state index >= 15 is 0 Å². The van der Waals surface area contributed by atoms with Gasteiger partial charge in [-0.05, 0) is 24.1 Å². The third kappa shape index (κ3) is 2.75. The number of nitrogens with zero attached hydrogens (tertiary/aromatic N) is 1. The van der Waals surface area contributed by atoms with Crippen molar-refractivity contribution in [3.63, 3.8) is 0 Å². The smallest absolute Gasteiger partial charge is 0.323 e.